The summed E-state index contributed by atoms with van der Waals surface area (Å²) in [6.45, 7) is 10.0. The third-order valence-electron chi connectivity index (χ3n) is 3.08. The summed E-state index contributed by atoms with van der Waals surface area (Å²) >= 11 is 0. The lowest BCUT2D eigenvalue weighted by Crippen LogP contribution is -2.15. The van der Waals surface area contributed by atoms with E-state index in [4.69, 9.17) is 0 Å². The number of hydrogen-bond acceptors (Lipinski definition) is 3. The molecule has 0 amide bonds. The van der Waals surface area contributed by atoms with Gasteiger partial charge in [-0.2, -0.15) is 10.2 Å². The van der Waals surface area contributed by atoms with E-state index in [1.54, 1.807) is 0 Å². The molecule has 18 heavy (non-hydrogen) atoms. The molecule has 0 spiro atoms. The molecule has 0 fully saturated rings. The van der Waals surface area contributed by atoms with Crippen LogP contribution in [-0.2, 0) is 13.6 Å². The zero-order valence-corrected chi connectivity index (χ0v) is 11.8. The van der Waals surface area contributed by atoms with Crippen molar-refractivity contribution in [3.63, 3.8) is 0 Å². The van der Waals surface area contributed by atoms with Crippen molar-refractivity contribution >= 4 is 0 Å². The molecule has 2 aromatic rings. The molecule has 0 aliphatic carbocycles. The second-order valence-electron chi connectivity index (χ2n) is 4.63. The first kappa shape index (κ1) is 12.8. The van der Waals surface area contributed by atoms with Crippen molar-refractivity contribution in [2.45, 2.75) is 34.2 Å². The summed E-state index contributed by atoms with van der Waals surface area (Å²) < 4.78 is 3.88. The fourth-order valence-electron chi connectivity index (χ4n) is 2.26. The van der Waals surface area contributed by atoms with E-state index in [1.807, 2.05) is 30.3 Å². The first-order valence-electron chi connectivity index (χ1n) is 6.31. The molecule has 2 aromatic heterocycles. The summed E-state index contributed by atoms with van der Waals surface area (Å²) in [6, 6.07) is 2.08. The summed E-state index contributed by atoms with van der Waals surface area (Å²) in [7, 11) is 1.97. The highest BCUT2D eigenvalue weighted by Crippen LogP contribution is 2.19. The molecule has 0 unspecified atom stereocenters. The monoisotopic (exact) mass is 247 g/mol. The number of nitrogens with one attached hydrogen (secondary N) is 1. The maximum atomic E-state index is 4.55. The normalized spacial score (nSPS) is 11.2. The highest BCUT2D eigenvalue weighted by molar-refractivity contribution is 5.39. The van der Waals surface area contributed by atoms with Gasteiger partial charge in [0.25, 0.3) is 0 Å². The van der Waals surface area contributed by atoms with Gasteiger partial charge < -0.3 is 5.32 Å². The zero-order chi connectivity index (χ0) is 13.3. The van der Waals surface area contributed by atoms with Crippen molar-refractivity contribution in [3.05, 3.63) is 28.7 Å². The molecule has 2 heterocycles. The van der Waals surface area contributed by atoms with Crippen LogP contribution in [0.4, 0.5) is 0 Å². The van der Waals surface area contributed by atoms with Crippen molar-refractivity contribution in [1.29, 1.82) is 0 Å². The molecule has 5 heteroatoms. The molecule has 0 aromatic carbocycles. The number of rotatable bonds is 4. The predicted molar refractivity (Wildman–Crippen MR) is 71.9 cm³/mol. The van der Waals surface area contributed by atoms with Crippen molar-refractivity contribution in [3.8, 4) is 5.82 Å². The van der Waals surface area contributed by atoms with E-state index in [1.165, 1.54) is 5.56 Å². The molecule has 98 valence electrons. The highest BCUT2D eigenvalue weighted by atomic mass is 15.4. The Balaban J connectivity index is 2.52. The van der Waals surface area contributed by atoms with Gasteiger partial charge in [0.2, 0.25) is 0 Å². The Hall–Kier alpha value is -1.62. The maximum Gasteiger partial charge on any atom is 0.156 e. The van der Waals surface area contributed by atoms with Gasteiger partial charge >= 0.3 is 0 Å². The lowest BCUT2D eigenvalue weighted by atomic mass is 10.2. The molecule has 0 aliphatic heterocycles. The average molecular weight is 247 g/mol. The van der Waals surface area contributed by atoms with Crippen LogP contribution in [0.15, 0.2) is 6.07 Å². The first-order chi connectivity index (χ1) is 8.54. The Morgan fingerprint density at radius 2 is 1.94 bits per heavy atom. The van der Waals surface area contributed by atoms with Gasteiger partial charge in [0.15, 0.2) is 5.82 Å². The van der Waals surface area contributed by atoms with E-state index in [0.717, 1.165) is 36.0 Å². The zero-order valence-electron chi connectivity index (χ0n) is 11.8. The molecular formula is C13H21N5. The van der Waals surface area contributed by atoms with E-state index in [9.17, 15) is 0 Å². The number of aryl methyl sites for hydroxylation is 4. The molecule has 2 rings (SSSR count). The average Bonchev–Trinajstić information content (AvgIpc) is 2.75. The lowest BCUT2D eigenvalue weighted by Gasteiger charge is -2.09. The minimum atomic E-state index is 0.823. The Bertz CT molecular complexity index is 550. The molecule has 0 radical (unpaired) electrons. The number of nitrogens with zero attached hydrogens (tertiary/aromatic N) is 4. The molecule has 5 nitrogen and oxygen atoms in total. The van der Waals surface area contributed by atoms with Gasteiger partial charge in [-0.3, -0.25) is 4.68 Å². The van der Waals surface area contributed by atoms with Crippen LogP contribution in [-0.4, -0.2) is 26.1 Å². The Morgan fingerprint density at radius 3 is 2.50 bits per heavy atom. The first-order valence-corrected chi connectivity index (χ1v) is 6.31. The minimum Gasteiger partial charge on any atom is -0.313 e. The van der Waals surface area contributed by atoms with Crippen molar-refractivity contribution in [1.82, 2.24) is 24.9 Å². The Labute approximate surface area is 108 Å². The fourth-order valence-corrected chi connectivity index (χ4v) is 2.26. The minimum absolute atomic E-state index is 0.823. The highest BCUT2D eigenvalue weighted by Gasteiger charge is 2.16. The van der Waals surface area contributed by atoms with Gasteiger partial charge in [0.05, 0.1) is 11.4 Å². The summed E-state index contributed by atoms with van der Waals surface area (Å²) in [5.41, 5.74) is 4.43. The van der Waals surface area contributed by atoms with Crippen LogP contribution in [0.3, 0.4) is 0 Å². The van der Waals surface area contributed by atoms with E-state index >= 15 is 0 Å². The van der Waals surface area contributed by atoms with Gasteiger partial charge in [0.1, 0.15) is 0 Å². The van der Waals surface area contributed by atoms with Crippen molar-refractivity contribution in [2.75, 3.05) is 6.54 Å². The standard InChI is InChI=1S/C13H21N5/c1-6-14-8-12-11(4)16-17(5)13(12)18-10(3)7-9(2)15-18/h7,14H,6,8H2,1-5H3. The van der Waals surface area contributed by atoms with Gasteiger partial charge in [-0.25, -0.2) is 4.68 Å². The van der Waals surface area contributed by atoms with Gasteiger partial charge in [-0.1, -0.05) is 6.92 Å². The summed E-state index contributed by atoms with van der Waals surface area (Å²) in [4.78, 5) is 0. The van der Waals surface area contributed by atoms with E-state index in [0.29, 0.717) is 0 Å². The van der Waals surface area contributed by atoms with Crippen LogP contribution in [0.1, 0.15) is 29.6 Å². The third kappa shape index (κ3) is 2.18. The molecule has 1 N–H and O–H groups in total. The summed E-state index contributed by atoms with van der Waals surface area (Å²) in [5.74, 6) is 1.05. The van der Waals surface area contributed by atoms with Crippen LogP contribution in [0.5, 0.6) is 0 Å². The van der Waals surface area contributed by atoms with Crippen molar-refractivity contribution in [2.24, 2.45) is 7.05 Å². The van der Waals surface area contributed by atoms with E-state index in [2.05, 4.69) is 35.4 Å². The summed E-state index contributed by atoms with van der Waals surface area (Å²) in [6.07, 6.45) is 0. The van der Waals surface area contributed by atoms with Gasteiger partial charge in [0, 0.05) is 24.8 Å². The largest absolute Gasteiger partial charge is 0.313 e. The third-order valence-corrected chi connectivity index (χ3v) is 3.08. The molecule has 0 saturated carbocycles. The van der Waals surface area contributed by atoms with E-state index in [-0.39, 0.29) is 0 Å². The second-order valence-corrected chi connectivity index (χ2v) is 4.63. The van der Waals surface area contributed by atoms with Gasteiger partial charge in [-0.15, -0.1) is 0 Å². The predicted octanol–water partition coefficient (Wildman–Crippen LogP) is 1.64. The number of aromatic nitrogens is 4. The van der Waals surface area contributed by atoms with Crippen LogP contribution in [0, 0.1) is 20.8 Å². The quantitative estimate of drug-likeness (QED) is 0.893. The van der Waals surface area contributed by atoms with Crippen LogP contribution >= 0.6 is 0 Å². The van der Waals surface area contributed by atoms with Crippen molar-refractivity contribution < 1.29 is 0 Å². The second kappa shape index (κ2) is 4.94. The molecule has 0 aliphatic rings. The van der Waals surface area contributed by atoms with Crippen LogP contribution in [0.2, 0.25) is 0 Å². The Morgan fingerprint density at radius 1 is 1.22 bits per heavy atom. The molecular weight excluding hydrogens is 226 g/mol. The topological polar surface area (TPSA) is 47.7 Å². The Kier molecular flexibility index (Phi) is 3.52. The van der Waals surface area contributed by atoms with E-state index < -0.39 is 0 Å². The van der Waals surface area contributed by atoms with Crippen LogP contribution < -0.4 is 5.32 Å². The fraction of sp³-hybridized carbons (Fsp3) is 0.538. The maximum absolute atomic E-state index is 4.55. The van der Waals surface area contributed by atoms with Gasteiger partial charge in [-0.05, 0) is 33.4 Å². The molecule has 0 bridgehead atoms. The lowest BCUT2D eigenvalue weighted by molar-refractivity contribution is 0.669. The smallest absolute Gasteiger partial charge is 0.156 e. The molecule has 0 atom stereocenters. The molecule has 0 saturated heterocycles. The number of hydrogen-bond donors (Lipinski definition) is 1. The van der Waals surface area contributed by atoms with Crippen LogP contribution in [0.25, 0.3) is 5.82 Å². The SMILES string of the molecule is CCNCc1c(C)nn(C)c1-n1nc(C)cc1C. The summed E-state index contributed by atoms with van der Waals surface area (Å²) in [5, 5.41) is 12.4.